The zero-order valence-electron chi connectivity index (χ0n) is 17.2. The van der Waals surface area contributed by atoms with E-state index in [1.807, 2.05) is 24.0 Å². The molecule has 30 heavy (non-hydrogen) atoms. The molecule has 1 atom stereocenters. The molecule has 4 heterocycles. The number of hydrogen-bond donors (Lipinski definition) is 1. The summed E-state index contributed by atoms with van der Waals surface area (Å²) in [5.41, 5.74) is 3.07. The Morgan fingerprint density at radius 1 is 1.20 bits per heavy atom. The van der Waals surface area contributed by atoms with Crippen LogP contribution < -0.4 is 5.32 Å². The smallest absolute Gasteiger partial charge is 0.258 e. The van der Waals surface area contributed by atoms with E-state index in [4.69, 9.17) is 9.15 Å². The first kappa shape index (κ1) is 17.9. The number of carbonyl (C=O) groups is 1. The van der Waals surface area contributed by atoms with Crippen LogP contribution >= 0.6 is 0 Å². The highest BCUT2D eigenvalue weighted by molar-refractivity contribution is 6.10. The predicted octanol–water partition coefficient (Wildman–Crippen LogP) is 3.77. The molecule has 3 aliphatic rings. The molecule has 7 nitrogen and oxygen atoms in total. The van der Waals surface area contributed by atoms with Gasteiger partial charge in [0.1, 0.15) is 23.5 Å². The van der Waals surface area contributed by atoms with Gasteiger partial charge in [0.2, 0.25) is 5.71 Å². The average molecular weight is 404 g/mol. The molecule has 1 aliphatic carbocycles. The summed E-state index contributed by atoms with van der Waals surface area (Å²) in [5.74, 6) is 1.21. The van der Waals surface area contributed by atoms with E-state index in [-0.39, 0.29) is 11.4 Å². The zero-order chi connectivity index (χ0) is 20.5. The summed E-state index contributed by atoms with van der Waals surface area (Å²) >= 11 is 0. The van der Waals surface area contributed by atoms with Gasteiger partial charge in [0.15, 0.2) is 0 Å². The van der Waals surface area contributed by atoms with Crippen LogP contribution in [-0.4, -0.2) is 39.4 Å². The quantitative estimate of drug-likeness (QED) is 0.716. The van der Waals surface area contributed by atoms with E-state index < -0.39 is 5.60 Å². The summed E-state index contributed by atoms with van der Waals surface area (Å²) in [6.07, 6.45) is 4.46. The van der Waals surface area contributed by atoms with E-state index >= 15 is 0 Å². The van der Waals surface area contributed by atoms with Crippen LogP contribution in [0.3, 0.4) is 0 Å². The van der Waals surface area contributed by atoms with Crippen molar-refractivity contribution in [2.24, 2.45) is 0 Å². The molecule has 154 valence electrons. The first-order valence-electron chi connectivity index (χ1n) is 10.5. The van der Waals surface area contributed by atoms with Gasteiger partial charge in [-0.05, 0) is 44.2 Å². The Hall–Kier alpha value is -2.93. The van der Waals surface area contributed by atoms with Crippen molar-refractivity contribution in [2.75, 3.05) is 18.4 Å². The Morgan fingerprint density at radius 3 is 2.87 bits per heavy atom. The van der Waals surface area contributed by atoms with Gasteiger partial charge in [-0.15, -0.1) is 0 Å². The van der Waals surface area contributed by atoms with Crippen molar-refractivity contribution in [1.82, 2.24) is 14.9 Å². The first-order chi connectivity index (χ1) is 14.5. The second kappa shape index (κ2) is 6.04. The molecule has 7 heteroatoms. The van der Waals surface area contributed by atoms with Crippen LogP contribution in [0.2, 0.25) is 0 Å². The molecular weight excluding hydrogens is 380 g/mol. The molecule has 1 N–H and O–H groups in total. The summed E-state index contributed by atoms with van der Waals surface area (Å²) in [7, 11) is 0. The normalized spacial score (nSPS) is 23.9. The fourth-order valence-corrected chi connectivity index (χ4v) is 4.83. The van der Waals surface area contributed by atoms with Crippen LogP contribution in [0.1, 0.15) is 53.4 Å². The molecule has 6 rings (SSSR count). The summed E-state index contributed by atoms with van der Waals surface area (Å²) in [6, 6.07) is 8.31. The van der Waals surface area contributed by atoms with Gasteiger partial charge in [0, 0.05) is 12.1 Å². The van der Waals surface area contributed by atoms with Crippen molar-refractivity contribution in [1.29, 1.82) is 0 Å². The molecule has 1 aromatic carbocycles. The van der Waals surface area contributed by atoms with Crippen LogP contribution in [-0.2, 0) is 16.9 Å². The molecular formula is C23H24N4O3. The number of likely N-dealkylation sites (tertiary alicyclic amines) is 1. The SMILES string of the molecule is Cc1oc2ncnc(NC3(C)CC3)c2c1C(=O)N1CCC2(C1)OCc1ccccc12. The molecule has 1 amide bonds. The van der Waals surface area contributed by atoms with Gasteiger partial charge in [-0.2, -0.15) is 0 Å². The summed E-state index contributed by atoms with van der Waals surface area (Å²) in [5, 5.41) is 4.17. The van der Waals surface area contributed by atoms with E-state index in [0.717, 1.165) is 19.3 Å². The maximum Gasteiger partial charge on any atom is 0.258 e. The van der Waals surface area contributed by atoms with E-state index in [2.05, 4.69) is 34.3 Å². The van der Waals surface area contributed by atoms with Crippen molar-refractivity contribution in [3.63, 3.8) is 0 Å². The Morgan fingerprint density at radius 2 is 2.03 bits per heavy atom. The van der Waals surface area contributed by atoms with E-state index in [1.165, 1.54) is 17.5 Å². The lowest BCUT2D eigenvalue weighted by molar-refractivity contribution is -0.0283. The molecule has 2 fully saturated rings. The number of nitrogens with zero attached hydrogens (tertiary/aromatic N) is 3. The highest BCUT2D eigenvalue weighted by atomic mass is 16.5. The molecule has 1 spiro atoms. The maximum atomic E-state index is 13.7. The molecule has 1 saturated carbocycles. The molecule has 0 radical (unpaired) electrons. The number of nitrogens with one attached hydrogen (secondary N) is 1. The number of ether oxygens (including phenoxy) is 1. The highest BCUT2D eigenvalue weighted by Gasteiger charge is 2.47. The Kier molecular flexibility index (Phi) is 3.60. The van der Waals surface area contributed by atoms with Crippen molar-refractivity contribution >= 4 is 22.8 Å². The average Bonchev–Trinajstić information content (AvgIpc) is 3.11. The monoisotopic (exact) mass is 404 g/mol. The van der Waals surface area contributed by atoms with Gasteiger partial charge in [0.25, 0.3) is 5.91 Å². The largest absolute Gasteiger partial charge is 0.442 e. The van der Waals surface area contributed by atoms with Crippen LogP contribution in [0.15, 0.2) is 35.0 Å². The predicted molar refractivity (Wildman–Crippen MR) is 111 cm³/mol. The number of amides is 1. The van der Waals surface area contributed by atoms with Gasteiger partial charge >= 0.3 is 0 Å². The van der Waals surface area contributed by atoms with E-state index in [1.54, 1.807) is 0 Å². The molecule has 1 unspecified atom stereocenters. The molecule has 0 bridgehead atoms. The van der Waals surface area contributed by atoms with Gasteiger partial charge in [-0.25, -0.2) is 9.97 Å². The Bertz CT molecular complexity index is 1180. The van der Waals surface area contributed by atoms with Crippen molar-refractivity contribution in [3.05, 3.63) is 53.0 Å². The second-order valence-corrected chi connectivity index (χ2v) is 9.04. The molecule has 2 aromatic heterocycles. The van der Waals surface area contributed by atoms with Crippen LogP contribution in [0.25, 0.3) is 11.1 Å². The number of rotatable bonds is 3. The zero-order valence-corrected chi connectivity index (χ0v) is 17.2. The van der Waals surface area contributed by atoms with E-state index in [9.17, 15) is 4.79 Å². The van der Waals surface area contributed by atoms with Crippen LogP contribution in [0, 0.1) is 6.92 Å². The number of benzene rings is 1. The fraction of sp³-hybridized carbons (Fsp3) is 0.435. The number of fused-ring (bicyclic) bond motifs is 3. The maximum absolute atomic E-state index is 13.7. The molecule has 1 saturated heterocycles. The van der Waals surface area contributed by atoms with Crippen molar-refractivity contribution in [2.45, 2.75) is 50.9 Å². The third-order valence-corrected chi connectivity index (χ3v) is 6.83. The number of anilines is 1. The van der Waals surface area contributed by atoms with Gasteiger partial charge in [-0.1, -0.05) is 24.3 Å². The van der Waals surface area contributed by atoms with Crippen LogP contribution in [0.4, 0.5) is 5.82 Å². The van der Waals surface area contributed by atoms with Crippen LogP contribution in [0.5, 0.6) is 0 Å². The second-order valence-electron chi connectivity index (χ2n) is 9.04. The summed E-state index contributed by atoms with van der Waals surface area (Å²) in [6.45, 7) is 5.78. The highest BCUT2D eigenvalue weighted by Crippen LogP contribution is 2.44. The summed E-state index contributed by atoms with van der Waals surface area (Å²) in [4.78, 5) is 24.2. The third-order valence-electron chi connectivity index (χ3n) is 6.83. The van der Waals surface area contributed by atoms with Crippen molar-refractivity contribution < 1.29 is 13.9 Å². The lowest BCUT2D eigenvalue weighted by atomic mass is 9.92. The standard InChI is InChI=1S/C23H24N4O3/c1-14-17(18-19(26-22(2)7-8-22)24-13-25-20(18)30-14)21(28)27-10-9-23(12-27)16-6-4-3-5-15(16)11-29-23/h3-6,13H,7-12H2,1-2H3,(H,24,25,26). The topological polar surface area (TPSA) is 80.5 Å². The molecule has 2 aliphatic heterocycles. The minimum Gasteiger partial charge on any atom is -0.442 e. The van der Waals surface area contributed by atoms with Crippen molar-refractivity contribution in [3.8, 4) is 0 Å². The third kappa shape index (κ3) is 2.58. The lowest BCUT2D eigenvalue weighted by Gasteiger charge is -2.25. The van der Waals surface area contributed by atoms with Gasteiger partial charge in [0.05, 0.1) is 24.1 Å². The molecule has 3 aromatic rings. The number of carbonyl (C=O) groups excluding carboxylic acids is 1. The minimum atomic E-state index is -0.404. The number of furan rings is 1. The number of aryl methyl sites for hydroxylation is 1. The van der Waals surface area contributed by atoms with Gasteiger partial charge < -0.3 is 19.4 Å². The summed E-state index contributed by atoms with van der Waals surface area (Å²) < 4.78 is 12.1. The Balaban J connectivity index is 1.36. The Labute approximate surface area is 174 Å². The number of hydrogen-bond acceptors (Lipinski definition) is 6. The van der Waals surface area contributed by atoms with E-state index in [0.29, 0.717) is 47.9 Å². The minimum absolute atomic E-state index is 0.0336. The number of aromatic nitrogens is 2. The first-order valence-corrected chi connectivity index (χ1v) is 10.5. The lowest BCUT2D eigenvalue weighted by Crippen LogP contribution is -2.34. The fourth-order valence-electron chi connectivity index (χ4n) is 4.83. The van der Waals surface area contributed by atoms with Gasteiger partial charge in [-0.3, -0.25) is 4.79 Å².